The van der Waals surface area contributed by atoms with Crippen molar-refractivity contribution in [3.63, 3.8) is 0 Å². The molecule has 2 amide bonds. The number of imide groups is 1. The van der Waals surface area contributed by atoms with Crippen molar-refractivity contribution < 1.29 is 32.3 Å². The second-order valence-corrected chi connectivity index (χ2v) is 11.3. The summed E-state index contributed by atoms with van der Waals surface area (Å²) in [5.41, 5.74) is -0.301. The zero-order valence-electron chi connectivity index (χ0n) is 23.9. The van der Waals surface area contributed by atoms with Gasteiger partial charge in [-0.3, -0.25) is 9.59 Å². The van der Waals surface area contributed by atoms with Gasteiger partial charge in [-0.1, -0.05) is 43.2 Å². The van der Waals surface area contributed by atoms with Gasteiger partial charge < -0.3 is 15.7 Å². The number of carbonyl (C=O) groups is 2. The van der Waals surface area contributed by atoms with Gasteiger partial charge in [-0.05, 0) is 86.2 Å². The van der Waals surface area contributed by atoms with Gasteiger partial charge in [0.15, 0.2) is 0 Å². The Morgan fingerprint density at radius 2 is 1.72 bits per heavy atom. The summed E-state index contributed by atoms with van der Waals surface area (Å²) in [6.45, 7) is 1.23. The normalized spacial score (nSPS) is 19.3. The molecule has 1 saturated carbocycles. The van der Waals surface area contributed by atoms with Crippen LogP contribution in [0.2, 0.25) is 0 Å². The van der Waals surface area contributed by atoms with Crippen molar-refractivity contribution in [2.75, 3.05) is 16.8 Å². The Morgan fingerprint density at radius 3 is 2.37 bits per heavy atom. The Hall–Kier alpha value is -3.76. The zero-order valence-corrected chi connectivity index (χ0v) is 23.9. The van der Waals surface area contributed by atoms with Crippen LogP contribution in [0.4, 0.5) is 28.9 Å². The molecule has 1 aliphatic heterocycles. The number of carbonyl (C=O) groups excluding carboxylic acids is 2. The average Bonchev–Trinajstić information content (AvgIpc) is 3.50. The molecule has 0 aromatic heterocycles. The summed E-state index contributed by atoms with van der Waals surface area (Å²) in [6, 6.07) is 14.5. The quantitative estimate of drug-likeness (QED) is 0.204. The molecule has 2 aliphatic rings. The molecule has 1 heterocycles. The zero-order chi connectivity index (χ0) is 30.7. The Balaban J connectivity index is 1.53. The van der Waals surface area contributed by atoms with Crippen molar-refractivity contribution in [1.29, 1.82) is 0 Å². The van der Waals surface area contributed by atoms with E-state index >= 15 is 4.39 Å². The van der Waals surface area contributed by atoms with E-state index in [9.17, 15) is 27.9 Å². The standard InChI is InChI=1S/C33H35F4N3O3/c1-20-6-4-10-28(34)29(20)32(43)40(25-16-13-22(19-41)27(18-25)33(35,36)37)31(42)26-9-5-17-38-30(26)21-11-14-24(15-12-21)39-23-7-2-3-8-23/h4,6,10-16,18,23,26,30,38-39,41H,2-3,5,7-9,17,19H2,1H3/t26-,30-/m0/s1. The first-order valence-corrected chi connectivity index (χ1v) is 14.6. The van der Waals surface area contributed by atoms with Crippen molar-refractivity contribution in [3.8, 4) is 0 Å². The monoisotopic (exact) mass is 597 g/mol. The van der Waals surface area contributed by atoms with Crippen LogP contribution in [0.5, 0.6) is 0 Å². The number of benzene rings is 3. The van der Waals surface area contributed by atoms with E-state index in [0.717, 1.165) is 36.2 Å². The van der Waals surface area contributed by atoms with E-state index in [1.165, 1.54) is 38.0 Å². The number of aliphatic hydroxyl groups is 1. The summed E-state index contributed by atoms with van der Waals surface area (Å²) in [6.07, 6.45) is 0.738. The molecular formula is C33H35F4N3O3. The molecule has 43 heavy (non-hydrogen) atoms. The number of nitrogens with zero attached hydrogens (tertiary/aromatic N) is 1. The second-order valence-electron chi connectivity index (χ2n) is 11.3. The maximum Gasteiger partial charge on any atom is 0.416 e. The van der Waals surface area contributed by atoms with Gasteiger partial charge in [0.05, 0.1) is 29.3 Å². The number of hydrogen-bond acceptors (Lipinski definition) is 5. The number of hydrogen-bond donors (Lipinski definition) is 3. The Labute approximate surface area is 248 Å². The third-order valence-electron chi connectivity index (χ3n) is 8.46. The maximum absolute atomic E-state index is 15.0. The largest absolute Gasteiger partial charge is 0.416 e. The molecule has 1 saturated heterocycles. The topological polar surface area (TPSA) is 81.7 Å². The highest BCUT2D eigenvalue weighted by atomic mass is 19.4. The Kier molecular flexibility index (Phi) is 9.17. The van der Waals surface area contributed by atoms with Gasteiger partial charge in [0.1, 0.15) is 5.82 Å². The molecule has 3 aromatic carbocycles. The molecule has 0 radical (unpaired) electrons. The fraction of sp³-hybridized carbons (Fsp3) is 0.394. The summed E-state index contributed by atoms with van der Waals surface area (Å²) in [5.74, 6) is -3.48. The van der Waals surface area contributed by atoms with Crippen LogP contribution in [-0.2, 0) is 17.6 Å². The third-order valence-corrected chi connectivity index (χ3v) is 8.46. The summed E-state index contributed by atoms with van der Waals surface area (Å²) >= 11 is 0. The highest BCUT2D eigenvalue weighted by Crippen LogP contribution is 2.38. The molecule has 228 valence electrons. The Bertz CT molecular complexity index is 1450. The van der Waals surface area contributed by atoms with E-state index < -0.39 is 59.1 Å². The van der Waals surface area contributed by atoms with Crippen molar-refractivity contribution in [1.82, 2.24) is 5.32 Å². The molecule has 10 heteroatoms. The van der Waals surface area contributed by atoms with Gasteiger partial charge in [-0.2, -0.15) is 13.2 Å². The number of amides is 2. The van der Waals surface area contributed by atoms with E-state index in [2.05, 4.69) is 10.6 Å². The Morgan fingerprint density at radius 1 is 1.00 bits per heavy atom. The average molecular weight is 598 g/mol. The molecular weight excluding hydrogens is 562 g/mol. The summed E-state index contributed by atoms with van der Waals surface area (Å²) in [7, 11) is 0. The molecule has 3 N–H and O–H groups in total. The highest BCUT2D eigenvalue weighted by molar-refractivity contribution is 6.22. The molecule has 1 aliphatic carbocycles. The highest BCUT2D eigenvalue weighted by Gasteiger charge is 2.40. The minimum atomic E-state index is -4.86. The van der Waals surface area contributed by atoms with Gasteiger partial charge in [0.25, 0.3) is 5.91 Å². The lowest BCUT2D eigenvalue weighted by atomic mass is 9.84. The van der Waals surface area contributed by atoms with E-state index in [4.69, 9.17) is 0 Å². The number of piperidine rings is 1. The van der Waals surface area contributed by atoms with Gasteiger partial charge >= 0.3 is 6.18 Å². The number of rotatable bonds is 7. The van der Waals surface area contributed by atoms with Crippen LogP contribution in [0, 0.1) is 18.7 Å². The van der Waals surface area contributed by atoms with Crippen LogP contribution in [0.3, 0.4) is 0 Å². The first kappa shape index (κ1) is 30.7. The lowest BCUT2D eigenvalue weighted by Gasteiger charge is -2.35. The van der Waals surface area contributed by atoms with E-state index in [-0.39, 0.29) is 11.3 Å². The predicted molar refractivity (Wildman–Crippen MR) is 156 cm³/mol. The van der Waals surface area contributed by atoms with Crippen LogP contribution in [-0.4, -0.2) is 29.5 Å². The maximum atomic E-state index is 15.0. The molecule has 0 unspecified atom stereocenters. The van der Waals surface area contributed by atoms with Crippen molar-refractivity contribution >= 4 is 23.2 Å². The SMILES string of the molecule is Cc1cccc(F)c1C(=O)N(C(=O)[C@H]1CCCN[C@H]1c1ccc(NC2CCCC2)cc1)c1ccc(CO)c(C(F)(F)F)c1. The minimum absolute atomic E-state index is 0.245. The van der Waals surface area contributed by atoms with Crippen LogP contribution in [0.25, 0.3) is 0 Å². The fourth-order valence-corrected chi connectivity index (χ4v) is 6.23. The van der Waals surface area contributed by atoms with Crippen molar-refractivity contribution in [2.24, 2.45) is 5.92 Å². The molecule has 2 atom stereocenters. The lowest BCUT2D eigenvalue weighted by molar-refractivity contribution is -0.138. The van der Waals surface area contributed by atoms with Crippen LogP contribution in [0.1, 0.15) is 77.2 Å². The second kappa shape index (κ2) is 12.9. The molecule has 3 aromatic rings. The van der Waals surface area contributed by atoms with Crippen LogP contribution >= 0.6 is 0 Å². The van der Waals surface area contributed by atoms with Gasteiger partial charge in [-0.25, -0.2) is 9.29 Å². The van der Waals surface area contributed by atoms with E-state index in [1.807, 2.05) is 24.3 Å². The lowest BCUT2D eigenvalue weighted by Crippen LogP contribution is -2.48. The first-order valence-electron chi connectivity index (χ1n) is 14.6. The summed E-state index contributed by atoms with van der Waals surface area (Å²) in [4.78, 5) is 28.9. The van der Waals surface area contributed by atoms with Gasteiger partial charge in [0.2, 0.25) is 5.91 Å². The molecule has 5 rings (SSSR count). The van der Waals surface area contributed by atoms with Gasteiger partial charge in [-0.15, -0.1) is 0 Å². The van der Waals surface area contributed by atoms with E-state index in [1.54, 1.807) is 0 Å². The summed E-state index contributed by atoms with van der Waals surface area (Å²) < 4.78 is 56.9. The number of halogens is 4. The molecule has 6 nitrogen and oxygen atoms in total. The van der Waals surface area contributed by atoms with Crippen LogP contribution in [0.15, 0.2) is 60.7 Å². The predicted octanol–water partition coefficient (Wildman–Crippen LogP) is 6.91. The van der Waals surface area contributed by atoms with E-state index in [0.29, 0.717) is 36.4 Å². The van der Waals surface area contributed by atoms with Crippen molar-refractivity contribution in [2.45, 2.75) is 70.3 Å². The number of anilines is 2. The number of aryl methyl sites for hydroxylation is 1. The number of aliphatic hydroxyl groups excluding tert-OH is 1. The fourth-order valence-electron chi connectivity index (χ4n) is 6.23. The van der Waals surface area contributed by atoms with Crippen molar-refractivity contribution in [3.05, 3.63) is 94.3 Å². The first-order chi connectivity index (χ1) is 20.6. The number of nitrogens with one attached hydrogen (secondary N) is 2. The molecule has 2 fully saturated rings. The third kappa shape index (κ3) is 6.60. The van der Waals surface area contributed by atoms with Gasteiger partial charge in [0, 0.05) is 17.8 Å². The molecule has 0 bridgehead atoms. The molecule has 0 spiro atoms. The number of alkyl halides is 3. The smallest absolute Gasteiger partial charge is 0.392 e. The summed E-state index contributed by atoms with van der Waals surface area (Å²) in [5, 5.41) is 16.4. The minimum Gasteiger partial charge on any atom is -0.392 e. The van der Waals surface area contributed by atoms with Crippen LogP contribution < -0.4 is 15.5 Å².